The van der Waals surface area contributed by atoms with Crippen LogP contribution in [0.15, 0.2) is 36.4 Å². The second-order valence-electron chi connectivity index (χ2n) is 8.72. The minimum atomic E-state index is -1.52. The van der Waals surface area contributed by atoms with E-state index in [0.717, 1.165) is 16.9 Å². The fraction of sp³-hybridized carbons (Fsp3) is 0.520. The summed E-state index contributed by atoms with van der Waals surface area (Å²) < 4.78 is 36.9. The smallest absolute Gasteiger partial charge is 0.190 e. The van der Waals surface area contributed by atoms with E-state index in [1.807, 2.05) is 37.3 Å². The molecule has 2 fully saturated rings. The van der Waals surface area contributed by atoms with Gasteiger partial charge in [-0.1, -0.05) is 23.7 Å². The van der Waals surface area contributed by atoms with Crippen LogP contribution in [0.1, 0.15) is 42.6 Å². The second-order valence-corrected chi connectivity index (χ2v) is 9.13. The molecule has 2 unspecified atom stereocenters. The molecule has 6 nitrogen and oxygen atoms in total. The first kappa shape index (κ1) is 24.2. The molecule has 33 heavy (non-hydrogen) atoms. The van der Waals surface area contributed by atoms with Crippen molar-refractivity contribution >= 4 is 11.6 Å². The van der Waals surface area contributed by atoms with Gasteiger partial charge in [-0.05, 0) is 48.7 Å². The quantitative estimate of drug-likeness (QED) is 0.564. The van der Waals surface area contributed by atoms with Crippen LogP contribution in [0.5, 0.6) is 11.5 Å². The van der Waals surface area contributed by atoms with E-state index in [9.17, 15) is 14.6 Å². The zero-order valence-corrected chi connectivity index (χ0v) is 19.4. The predicted molar refractivity (Wildman–Crippen MR) is 122 cm³/mol. The molecule has 0 bridgehead atoms. The van der Waals surface area contributed by atoms with E-state index in [4.69, 9.17) is 30.5 Å². The van der Waals surface area contributed by atoms with Gasteiger partial charge in [-0.2, -0.15) is 0 Å². The standard InChI is InChI=1S/C25H30ClFO6/c1-2-31-19-5-3-16(4-6-19)7-17-8-21(24-10-18(29)9-20(12-28)33-24)23(11-22(17)26)32-15-25(27)13-30-14-25/h3-6,8,11,18,20,24,28-29H,2,7,9-10,12-15H2,1H3/t18?,20?,24-/m1/s1. The minimum absolute atomic E-state index is 0.00286. The van der Waals surface area contributed by atoms with Crippen molar-refractivity contribution in [1.82, 2.24) is 0 Å². The first-order chi connectivity index (χ1) is 15.9. The zero-order chi connectivity index (χ0) is 23.4. The Balaban J connectivity index is 1.61. The van der Waals surface area contributed by atoms with Crippen LogP contribution >= 0.6 is 11.6 Å². The molecule has 2 aromatic rings. The number of alkyl halides is 1. The van der Waals surface area contributed by atoms with Crippen molar-refractivity contribution in [3.05, 3.63) is 58.1 Å². The molecule has 0 saturated carbocycles. The van der Waals surface area contributed by atoms with Gasteiger partial charge in [-0.15, -0.1) is 0 Å². The van der Waals surface area contributed by atoms with Crippen LogP contribution < -0.4 is 9.47 Å². The predicted octanol–water partition coefficient (Wildman–Crippen LogP) is 4.02. The lowest BCUT2D eigenvalue weighted by Crippen LogP contribution is -2.50. The van der Waals surface area contributed by atoms with Gasteiger partial charge in [0, 0.05) is 23.4 Å². The number of rotatable bonds is 9. The van der Waals surface area contributed by atoms with Crippen molar-refractivity contribution in [3.8, 4) is 11.5 Å². The van der Waals surface area contributed by atoms with Crippen LogP contribution in [0, 0.1) is 0 Å². The van der Waals surface area contributed by atoms with Crippen molar-refractivity contribution in [2.24, 2.45) is 0 Å². The number of hydrogen-bond donors (Lipinski definition) is 2. The minimum Gasteiger partial charge on any atom is -0.494 e. The molecule has 2 aromatic carbocycles. The largest absolute Gasteiger partial charge is 0.494 e. The Kier molecular flexibility index (Phi) is 7.76. The summed E-state index contributed by atoms with van der Waals surface area (Å²) in [5.41, 5.74) is 1.06. The Hall–Kier alpha value is -1.90. The number of hydrogen-bond acceptors (Lipinski definition) is 6. The Bertz CT molecular complexity index is 933. The Morgan fingerprint density at radius 2 is 1.91 bits per heavy atom. The lowest BCUT2D eigenvalue weighted by molar-refractivity contribution is -0.147. The highest BCUT2D eigenvalue weighted by molar-refractivity contribution is 6.31. The highest BCUT2D eigenvalue weighted by Crippen LogP contribution is 2.40. The number of ether oxygens (including phenoxy) is 4. The molecular weight excluding hydrogens is 451 g/mol. The first-order valence-electron chi connectivity index (χ1n) is 11.3. The van der Waals surface area contributed by atoms with E-state index < -0.39 is 24.0 Å². The lowest BCUT2D eigenvalue weighted by atomic mass is 9.93. The van der Waals surface area contributed by atoms with Crippen molar-refractivity contribution in [1.29, 1.82) is 0 Å². The van der Waals surface area contributed by atoms with Crippen molar-refractivity contribution in [3.63, 3.8) is 0 Å². The fourth-order valence-electron chi connectivity index (χ4n) is 4.14. The van der Waals surface area contributed by atoms with E-state index in [1.165, 1.54) is 0 Å². The van der Waals surface area contributed by atoms with Crippen LogP contribution in [0.25, 0.3) is 0 Å². The lowest BCUT2D eigenvalue weighted by Gasteiger charge is -2.35. The Labute approximate surface area is 198 Å². The molecule has 0 aliphatic carbocycles. The third kappa shape index (κ3) is 5.97. The van der Waals surface area contributed by atoms with Gasteiger partial charge >= 0.3 is 0 Å². The number of benzene rings is 2. The van der Waals surface area contributed by atoms with E-state index in [0.29, 0.717) is 42.2 Å². The summed E-state index contributed by atoms with van der Waals surface area (Å²) in [5.74, 6) is 1.21. The molecule has 2 aliphatic rings. The summed E-state index contributed by atoms with van der Waals surface area (Å²) in [6, 6.07) is 11.4. The van der Waals surface area contributed by atoms with Crippen LogP contribution in [0.3, 0.4) is 0 Å². The van der Waals surface area contributed by atoms with Gasteiger partial charge in [-0.3, -0.25) is 0 Å². The molecular formula is C25H30ClFO6. The normalized spacial score (nSPS) is 24.2. The molecule has 3 atom stereocenters. The maximum Gasteiger partial charge on any atom is 0.190 e. The molecule has 8 heteroatoms. The van der Waals surface area contributed by atoms with Crippen LogP contribution in [-0.2, 0) is 15.9 Å². The Morgan fingerprint density at radius 3 is 2.55 bits per heavy atom. The summed E-state index contributed by atoms with van der Waals surface area (Å²) in [5, 5.41) is 20.4. The zero-order valence-electron chi connectivity index (χ0n) is 18.6. The summed E-state index contributed by atoms with van der Waals surface area (Å²) in [4.78, 5) is 0. The molecule has 0 spiro atoms. The maximum atomic E-state index is 14.5. The number of halogens is 2. The average molecular weight is 481 g/mol. The van der Waals surface area contributed by atoms with Gasteiger partial charge in [0.25, 0.3) is 0 Å². The van der Waals surface area contributed by atoms with Gasteiger partial charge in [0.05, 0.1) is 44.7 Å². The number of aliphatic hydroxyl groups excluding tert-OH is 2. The monoisotopic (exact) mass is 480 g/mol. The van der Waals surface area contributed by atoms with Crippen LogP contribution in [0.4, 0.5) is 4.39 Å². The van der Waals surface area contributed by atoms with Gasteiger partial charge in [0.1, 0.15) is 18.1 Å². The molecule has 0 aromatic heterocycles. The van der Waals surface area contributed by atoms with Crippen LogP contribution in [0.2, 0.25) is 5.02 Å². The van der Waals surface area contributed by atoms with Crippen molar-refractivity contribution < 1.29 is 33.6 Å². The molecule has 0 radical (unpaired) electrons. The molecule has 0 amide bonds. The third-order valence-corrected chi connectivity index (χ3v) is 6.30. The number of aliphatic hydroxyl groups is 2. The van der Waals surface area contributed by atoms with E-state index in [2.05, 4.69) is 0 Å². The van der Waals surface area contributed by atoms with Crippen molar-refractivity contribution in [2.45, 2.75) is 50.2 Å². The van der Waals surface area contributed by atoms with Gasteiger partial charge in [0.2, 0.25) is 0 Å². The average Bonchev–Trinajstić information content (AvgIpc) is 2.78. The van der Waals surface area contributed by atoms with Gasteiger partial charge in [-0.25, -0.2) is 4.39 Å². The molecule has 2 saturated heterocycles. The first-order valence-corrected chi connectivity index (χ1v) is 11.6. The summed E-state index contributed by atoms with van der Waals surface area (Å²) in [6.07, 6.45) is -0.332. The topological polar surface area (TPSA) is 77.4 Å². The SMILES string of the molecule is CCOc1ccc(Cc2cc([C@H]3CC(O)CC(CO)O3)c(OCC3(F)COC3)cc2Cl)cc1. The summed E-state index contributed by atoms with van der Waals surface area (Å²) in [6.45, 7) is 2.18. The fourth-order valence-corrected chi connectivity index (χ4v) is 4.36. The highest BCUT2D eigenvalue weighted by atomic mass is 35.5. The highest BCUT2D eigenvalue weighted by Gasteiger charge is 2.40. The van der Waals surface area contributed by atoms with E-state index in [1.54, 1.807) is 6.07 Å². The molecule has 2 N–H and O–H groups in total. The molecule has 2 aliphatic heterocycles. The van der Waals surface area contributed by atoms with Gasteiger partial charge in [0.15, 0.2) is 5.67 Å². The van der Waals surface area contributed by atoms with E-state index in [-0.39, 0.29) is 26.4 Å². The summed E-state index contributed by atoms with van der Waals surface area (Å²) >= 11 is 6.60. The molecule has 2 heterocycles. The second kappa shape index (κ2) is 10.6. The Morgan fingerprint density at radius 1 is 1.15 bits per heavy atom. The third-order valence-electron chi connectivity index (χ3n) is 5.94. The van der Waals surface area contributed by atoms with Gasteiger partial charge < -0.3 is 29.2 Å². The van der Waals surface area contributed by atoms with E-state index >= 15 is 0 Å². The maximum absolute atomic E-state index is 14.5. The molecule has 4 rings (SSSR count). The van der Waals surface area contributed by atoms with Crippen LogP contribution in [-0.4, -0.2) is 61.1 Å². The van der Waals surface area contributed by atoms with Crippen molar-refractivity contribution in [2.75, 3.05) is 33.0 Å². The summed E-state index contributed by atoms with van der Waals surface area (Å²) in [7, 11) is 0. The molecule has 180 valence electrons.